The van der Waals surface area contributed by atoms with Crippen molar-refractivity contribution in [3.05, 3.63) is 24.8 Å². The van der Waals surface area contributed by atoms with Crippen molar-refractivity contribution in [3.8, 4) is 0 Å². The highest BCUT2D eigenvalue weighted by atomic mass is 31.3. The van der Waals surface area contributed by atoms with Gasteiger partial charge in [0.2, 0.25) is 0 Å². The molecule has 1 saturated heterocycles. The van der Waals surface area contributed by atoms with Crippen molar-refractivity contribution in [1.82, 2.24) is 19.5 Å². The van der Waals surface area contributed by atoms with E-state index in [0.29, 0.717) is 12.8 Å². The number of nitrogens with zero attached hydrogens (tertiary/aromatic N) is 4. The van der Waals surface area contributed by atoms with Gasteiger partial charge in [0.15, 0.2) is 17.7 Å². The van der Waals surface area contributed by atoms with Gasteiger partial charge in [-0.25, -0.2) is 28.6 Å². The fraction of sp³-hybridized carbons (Fsp3) is 0.562. The van der Waals surface area contributed by atoms with E-state index in [4.69, 9.17) is 15.0 Å². The Morgan fingerprint density at radius 3 is 2.46 bits per heavy atom. The van der Waals surface area contributed by atoms with Crippen molar-refractivity contribution < 1.29 is 61.0 Å². The zero-order chi connectivity index (χ0) is 27.0. The normalized spacial score (nSPS) is 31.1. The predicted octanol–water partition coefficient (Wildman–Crippen LogP) is 0.504. The van der Waals surface area contributed by atoms with Crippen LogP contribution in [0.25, 0.3) is 11.2 Å². The third kappa shape index (κ3) is 6.88. The lowest BCUT2D eigenvalue weighted by Gasteiger charge is -2.23. The van der Waals surface area contributed by atoms with Gasteiger partial charge in [-0.3, -0.25) is 13.6 Å². The van der Waals surface area contributed by atoms with E-state index in [1.54, 1.807) is 6.08 Å². The topological polar surface area (TPSA) is 268 Å². The number of anilines is 1. The lowest BCUT2D eigenvalue weighted by molar-refractivity contribution is -0.0503. The molecule has 8 atom stereocenters. The van der Waals surface area contributed by atoms with Gasteiger partial charge in [0, 0.05) is 0 Å². The molecule has 7 N–H and O–H groups in total. The minimum Gasteiger partial charge on any atom is -0.387 e. The maximum Gasteiger partial charge on any atom is 0.490 e. The number of hydrogen-bond donors (Lipinski definition) is 6. The van der Waals surface area contributed by atoms with Gasteiger partial charge in [0.05, 0.1) is 19.0 Å². The first-order valence-corrected chi connectivity index (χ1v) is 15.1. The molecule has 4 unspecified atom stereocenters. The van der Waals surface area contributed by atoms with Crippen LogP contribution < -0.4 is 5.73 Å². The zero-order valence-electron chi connectivity index (χ0n) is 18.7. The monoisotopic (exact) mass is 587 g/mol. The molecule has 0 amide bonds. The standard InChI is InChI=1S/C16H24N5O13P3/c17-14-11-15(19-7-18-14)21(8-20-11)16-13(23)12(22)10(31-16)6-30-35(24,25)33-37(28,29)34-36(26,27)32-9-4-2-1-3-5-9/h1-2,7-10,12-13,16,22-23H,3-6H2,(H,24,25)(H,26,27)(H,28,29)(H2,17,18,19)/t9?,10-,12-,13-,16-/m1/s1. The van der Waals surface area contributed by atoms with Crippen molar-refractivity contribution in [3.63, 3.8) is 0 Å². The summed E-state index contributed by atoms with van der Waals surface area (Å²) in [5, 5.41) is 20.7. The van der Waals surface area contributed by atoms with Crippen molar-refractivity contribution in [2.75, 3.05) is 12.3 Å². The van der Waals surface area contributed by atoms with E-state index in [-0.39, 0.29) is 23.4 Å². The SMILES string of the molecule is Nc1ncnc2c1ncn2[C@@H]1O[C@H](COP(=O)(O)OP(=O)(O)OP(=O)(O)OC2CC=CCC2)[C@@H](O)[C@H]1O. The number of phosphoric ester groups is 2. The number of nitrogen functional groups attached to an aromatic ring is 1. The number of aliphatic hydroxyl groups excluding tert-OH is 2. The molecule has 0 saturated carbocycles. The Balaban J connectivity index is 1.36. The molecule has 0 radical (unpaired) electrons. The number of aliphatic hydroxyl groups is 2. The van der Waals surface area contributed by atoms with Crippen LogP contribution in [0.4, 0.5) is 5.82 Å². The van der Waals surface area contributed by atoms with Crippen LogP contribution >= 0.6 is 23.5 Å². The average molecular weight is 587 g/mol. The summed E-state index contributed by atoms with van der Waals surface area (Å²) in [6.45, 7) is -0.923. The third-order valence-corrected chi connectivity index (χ3v) is 9.66. The molecule has 2 aromatic rings. The number of allylic oxidation sites excluding steroid dienone is 1. The predicted molar refractivity (Wildman–Crippen MR) is 121 cm³/mol. The average Bonchev–Trinajstić information content (AvgIpc) is 3.33. The highest BCUT2D eigenvalue weighted by Crippen LogP contribution is 2.68. The number of nitrogens with two attached hydrogens (primary N) is 1. The number of phosphoric acid groups is 3. The molecule has 0 bridgehead atoms. The van der Waals surface area contributed by atoms with Crippen molar-refractivity contribution in [2.24, 2.45) is 0 Å². The number of ether oxygens (including phenoxy) is 1. The van der Waals surface area contributed by atoms with Gasteiger partial charge in [-0.15, -0.1) is 0 Å². The summed E-state index contributed by atoms with van der Waals surface area (Å²) < 4.78 is 60.6. The minimum atomic E-state index is -5.66. The maximum absolute atomic E-state index is 12.2. The minimum absolute atomic E-state index is 0.0547. The Morgan fingerprint density at radius 2 is 1.76 bits per heavy atom. The van der Waals surface area contributed by atoms with Gasteiger partial charge in [-0.2, -0.15) is 8.62 Å². The highest BCUT2D eigenvalue weighted by Gasteiger charge is 2.47. The van der Waals surface area contributed by atoms with E-state index in [0.717, 1.165) is 6.33 Å². The number of imidazole rings is 1. The van der Waals surface area contributed by atoms with Gasteiger partial charge in [-0.05, 0) is 19.3 Å². The van der Waals surface area contributed by atoms with Crippen LogP contribution in [0.15, 0.2) is 24.8 Å². The summed E-state index contributed by atoms with van der Waals surface area (Å²) >= 11 is 0. The maximum atomic E-state index is 12.2. The van der Waals surface area contributed by atoms with Crippen LogP contribution in [0.2, 0.25) is 0 Å². The lowest BCUT2D eigenvalue weighted by atomic mass is 10.1. The van der Waals surface area contributed by atoms with Gasteiger partial charge in [0.25, 0.3) is 0 Å². The molecular formula is C16H24N5O13P3. The van der Waals surface area contributed by atoms with Crippen LogP contribution in [0, 0.1) is 0 Å². The number of aromatic nitrogens is 4. The third-order valence-electron chi connectivity index (χ3n) is 5.32. The zero-order valence-corrected chi connectivity index (χ0v) is 21.4. The molecule has 3 heterocycles. The van der Waals surface area contributed by atoms with E-state index >= 15 is 0 Å². The second kappa shape index (κ2) is 10.9. The summed E-state index contributed by atoms with van der Waals surface area (Å²) in [6, 6.07) is 0. The smallest absolute Gasteiger partial charge is 0.387 e. The van der Waals surface area contributed by atoms with Crippen LogP contribution in [-0.4, -0.2) is 75.4 Å². The molecule has 206 valence electrons. The summed E-state index contributed by atoms with van der Waals surface area (Å²) in [4.78, 5) is 41.1. The second-order valence-corrected chi connectivity index (χ2v) is 12.6. The van der Waals surface area contributed by atoms with E-state index < -0.39 is 60.7 Å². The van der Waals surface area contributed by atoms with E-state index in [1.807, 2.05) is 6.08 Å². The van der Waals surface area contributed by atoms with Crippen molar-refractivity contribution >= 4 is 40.4 Å². The Morgan fingerprint density at radius 1 is 1.03 bits per heavy atom. The first-order chi connectivity index (χ1) is 17.3. The van der Waals surface area contributed by atoms with E-state index in [1.165, 1.54) is 10.9 Å². The summed E-state index contributed by atoms with van der Waals surface area (Å²) in [5.74, 6) is 0.0547. The Kier molecular flexibility index (Phi) is 8.34. The molecule has 1 aliphatic carbocycles. The van der Waals surface area contributed by atoms with Crippen LogP contribution in [0.3, 0.4) is 0 Å². The quantitative estimate of drug-likeness (QED) is 0.163. The second-order valence-electron chi connectivity index (χ2n) is 8.01. The molecule has 1 fully saturated rings. The molecule has 2 aliphatic rings. The van der Waals surface area contributed by atoms with E-state index in [9.17, 15) is 38.6 Å². The summed E-state index contributed by atoms with van der Waals surface area (Å²) in [7, 11) is -16.3. The molecular weight excluding hydrogens is 563 g/mol. The fourth-order valence-electron chi connectivity index (χ4n) is 3.69. The van der Waals surface area contributed by atoms with Gasteiger partial charge >= 0.3 is 23.5 Å². The van der Waals surface area contributed by atoms with Crippen molar-refractivity contribution in [1.29, 1.82) is 0 Å². The Bertz CT molecular complexity index is 1310. The van der Waals surface area contributed by atoms with E-state index in [2.05, 4.69) is 28.1 Å². The molecule has 1 aliphatic heterocycles. The lowest BCUT2D eigenvalue weighted by Crippen LogP contribution is -2.33. The molecule has 21 heteroatoms. The molecule has 37 heavy (non-hydrogen) atoms. The molecule has 0 aromatic carbocycles. The molecule has 0 spiro atoms. The Labute approximate surface area is 208 Å². The van der Waals surface area contributed by atoms with Crippen LogP contribution in [-0.2, 0) is 36.1 Å². The highest BCUT2D eigenvalue weighted by molar-refractivity contribution is 7.66. The molecule has 18 nitrogen and oxygen atoms in total. The van der Waals surface area contributed by atoms with Gasteiger partial charge in [-0.1, -0.05) is 12.2 Å². The number of rotatable bonds is 10. The van der Waals surface area contributed by atoms with Crippen LogP contribution in [0.1, 0.15) is 25.5 Å². The van der Waals surface area contributed by atoms with Crippen LogP contribution in [0.5, 0.6) is 0 Å². The molecule has 4 rings (SSSR count). The van der Waals surface area contributed by atoms with Gasteiger partial charge < -0.3 is 35.4 Å². The largest absolute Gasteiger partial charge is 0.490 e. The number of fused-ring (bicyclic) bond motifs is 1. The summed E-state index contributed by atoms with van der Waals surface area (Å²) in [6.07, 6.45) is 0.252. The first kappa shape index (κ1) is 28.4. The van der Waals surface area contributed by atoms with Gasteiger partial charge in [0.1, 0.15) is 30.2 Å². The Hall–Kier alpha value is -1.62. The summed E-state index contributed by atoms with van der Waals surface area (Å²) in [5.41, 5.74) is 6.08. The molecule has 2 aromatic heterocycles. The van der Waals surface area contributed by atoms with Crippen molar-refractivity contribution in [2.45, 2.75) is 49.9 Å². The fourth-order valence-corrected chi connectivity index (χ4v) is 7.41. The number of hydrogen-bond acceptors (Lipinski definition) is 14. The first-order valence-electron chi connectivity index (χ1n) is 10.6.